The summed E-state index contributed by atoms with van der Waals surface area (Å²) in [6.45, 7) is 9.58. The Morgan fingerprint density at radius 3 is 2.56 bits per heavy atom. The average Bonchev–Trinajstić information content (AvgIpc) is 2.32. The van der Waals surface area contributed by atoms with Crippen molar-refractivity contribution in [1.82, 2.24) is 5.32 Å². The molecule has 1 unspecified atom stereocenters. The molecule has 2 N–H and O–H groups in total. The molecule has 0 spiro atoms. The Kier molecular flexibility index (Phi) is 9.02. The van der Waals surface area contributed by atoms with Crippen molar-refractivity contribution in [2.24, 2.45) is 5.41 Å². The monoisotopic (exact) mass is 259 g/mol. The second-order valence-electron chi connectivity index (χ2n) is 5.47. The first kappa shape index (κ1) is 17.4. The Morgan fingerprint density at radius 2 is 2.06 bits per heavy atom. The van der Waals surface area contributed by atoms with E-state index in [1.165, 1.54) is 0 Å². The van der Waals surface area contributed by atoms with E-state index < -0.39 is 0 Å². The number of carbonyl (C=O) groups excluding carboxylic acids is 1. The molecule has 0 heterocycles. The highest BCUT2D eigenvalue weighted by atomic mass is 16.5. The Morgan fingerprint density at radius 1 is 1.39 bits per heavy atom. The van der Waals surface area contributed by atoms with Crippen LogP contribution in [0.3, 0.4) is 0 Å². The lowest BCUT2D eigenvalue weighted by Gasteiger charge is -2.27. The van der Waals surface area contributed by atoms with Crippen LogP contribution in [0.4, 0.5) is 0 Å². The number of hydrogen-bond donors (Lipinski definition) is 2. The molecular weight excluding hydrogens is 230 g/mol. The molecule has 4 heteroatoms. The van der Waals surface area contributed by atoms with Gasteiger partial charge in [0.2, 0.25) is 0 Å². The highest BCUT2D eigenvalue weighted by Crippen LogP contribution is 2.21. The molecule has 0 bridgehead atoms. The van der Waals surface area contributed by atoms with E-state index >= 15 is 0 Å². The summed E-state index contributed by atoms with van der Waals surface area (Å²) in [5.41, 5.74) is 0.0845. The van der Waals surface area contributed by atoms with E-state index in [4.69, 9.17) is 9.84 Å². The van der Waals surface area contributed by atoms with E-state index in [-0.39, 0.29) is 24.0 Å². The minimum atomic E-state index is -0.205. The molecule has 0 saturated heterocycles. The first-order valence-corrected chi connectivity index (χ1v) is 6.97. The van der Waals surface area contributed by atoms with Crippen LogP contribution in [0.2, 0.25) is 0 Å². The molecule has 0 rings (SSSR count). The Bertz CT molecular complexity index is 229. The number of carbonyl (C=O) groups is 1. The van der Waals surface area contributed by atoms with Gasteiger partial charge in [-0.15, -0.1) is 0 Å². The minimum absolute atomic E-state index is 0.0845. The standard InChI is InChI=1S/C14H29NO3/c1-5-8-12(13(17)18-6-2)15-11-14(3,4)9-7-10-16/h12,15-16H,5-11H2,1-4H3. The van der Waals surface area contributed by atoms with Crippen LogP contribution in [0, 0.1) is 5.41 Å². The normalized spacial score (nSPS) is 13.4. The van der Waals surface area contributed by atoms with Crippen molar-refractivity contribution in [3.05, 3.63) is 0 Å². The maximum absolute atomic E-state index is 11.7. The molecule has 0 radical (unpaired) electrons. The van der Waals surface area contributed by atoms with Crippen molar-refractivity contribution in [3.8, 4) is 0 Å². The predicted octanol–water partition coefficient (Wildman–Crippen LogP) is 2.11. The van der Waals surface area contributed by atoms with Gasteiger partial charge in [-0.2, -0.15) is 0 Å². The average molecular weight is 259 g/mol. The summed E-state index contributed by atoms with van der Waals surface area (Å²) in [7, 11) is 0. The van der Waals surface area contributed by atoms with E-state index in [2.05, 4.69) is 26.1 Å². The fraction of sp³-hybridized carbons (Fsp3) is 0.929. The fourth-order valence-corrected chi connectivity index (χ4v) is 1.88. The maximum atomic E-state index is 11.7. The molecule has 0 aromatic carbocycles. The highest BCUT2D eigenvalue weighted by molar-refractivity contribution is 5.75. The molecule has 1 atom stereocenters. The number of rotatable bonds is 10. The van der Waals surface area contributed by atoms with Crippen molar-refractivity contribution in [3.63, 3.8) is 0 Å². The van der Waals surface area contributed by atoms with Crippen molar-refractivity contribution in [1.29, 1.82) is 0 Å². The number of aliphatic hydroxyl groups is 1. The van der Waals surface area contributed by atoms with Crippen LogP contribution < -0.4 is 5.32 Å². The van der Waals surface area contributed by atoms with Gasteiger partial charge in [0.25, 0.3) is 0 Å². The third-order valence-electron chi connectivity index (χ3n) is 2.99. The lowest BCUT2D eigenvalue weighted by atomic mass is 9.87. The third kappa shape index (κ3) is 7.67. The van der Waals surface area contributed by atoms with Gasteiger partial charge in [0.05, 0.1) is 6.61 Å². The van der Waals surface area contributed by atoms with Gasteiger partial charge in [-0.25, -0.2) is 0 Å². The van der Waals surface area contributed by atoms with Crippen LogP contribution in [-0.4, -0.2) is 36.9 Å². The van der Waals surface area contributed by atoms with Crippen LogP contribution in [0.5, 0.6) is 0 Å². The summed E-state index contributed by atoms with van der Waals surface area (Å²) >= 11 is 0. The van der Waals surface area contributed by atoms with Gasteiger partial charge in [0.15, 0.2) is 0 Å². The topological polar surface area (TPSA) is 58.6 Å². The maximum Gasteiger partial charge on any atom is 0.323 e. The second-order valence-corrected chi connectivity index (χ2v) is 5.47. The van der Waals surface area contributed by atoms with Gasteiger partial charge < -0.3 is 15.2 Å². The number of esters is 1. The smallest absolute Gasteiger partial charge is 0.323 e. The van der Waals surface area contributed by atoms with Gasteiger partial charge in [0.1, 0.15) is 6.04 Å². The first-order valence-electron chi connectivity index (χ1n) is 6.97. The highest BCUT2D eigenvalue weighted by Gasteiger charge is 2.23. The molecule has 0 aromatic heterocycles. The molecular formula is C14H29NO3. The lowest BCUT2D eigenvalue weighted by molar-refractivity contribution is -0.146. The summed E-state index contributed by atoms with van der Waals surface area (Å²) in [6, 6.07) is -0.205. The minimum Gasteiger partial charge on any atom is -0.465 e. The van der Waals surface area contributed by atoms with Crippen molar-refractivity contribution < 1.29 is 14.6 Å². The van der Waals surface area contributed by atoms with Crippen molar-refractivity contribution in [2.45, 2.75) is 59.4 Å². The molecule has 0 fully saturated rings. The Balaban J connectivity index is 4.20. The molecule has 0 aliphatic heterocycles. The van der Waals surface area contributed by atoms with Gasteiger partial charge in [0, 0.05) is 13.2 Å². The molecule has 0 aromatic rings. The second kappa shape index (κ2) is 9.34. The summed E-state index contributed by atoms with van der Waals surface area (Å²) in [5.74, 6) is -0.155. The molecule has 0 amide bonds. The summed E-state index contributed by atoms with van der Waals surface area (Å²) in [4.78, 5) is 11.7. The largest absolute Gasteiger partial charge is 0.465 e. The number of ether oxygens (including phenoxy) is 1. The van der Waals surface area contributed by atoms with Crippen molar-refractivity contribution >= 4 is 5.97 Å². The van der Waals surface area contributed by atoms with Crippen LogP contribution in [0.1, 0.15) is 53.4 Å². The predicted molar refractivity (Wildman–Crippen MR) is 73.4 cm³/mol. The van der Waals surface area contributed by atoms with Gasteiger partial charge in [-0.05, 0) is 31.6 Å². The number of hydrogen-bond acceptors (Lipinski definition) is 4. The first-order chi connectivity index (χ1) is 8.46. The van der Waals surface area contributed by atoms with Crippen molar-refractivity contribution in [2.75, 3.05) is 19.8 Å². The van der Waals surface area contributed by atoms with E-state index in [1.807, 2.05) is 6.92 Å². The van der Waals surface area contributed by atoms with Gasteiger partial charge in [-0.1, -0.05) is 27.2 Å². The fourth-order valence-electron chi connectivity index (χ4n) is 1.88. The summed E-state index contributed by atoms with van der Waals surface area (Å²) in [5, 5.41) is 12.2. The quantitative estimate of drug-likeness (QED) is 0.590. The van der Waals surface area contributed by atoms with Crippen LogP contribution in [0.25, 0.3) is 0 Å². The molecule has 18 heavy (non-hydrogen) atoms. The Labute approximate surface area is 111 Å². The zero-order valence-electron chi connectivity index (χ0n) is 12.3. The molecule has 108 valence electrons. The SMILES string of the molecule is CCCC(NCC(C)(C)CCCO)C(=O)OCC. The van der Waals surface area contributed by atoms with E-state index in [0.29, 0.717) is 6.61 Å². The Hall–Kier alpha value is -0.610. The number of nitrogens with one attached hydrogen (secondary N) is 1. The molecule has 4 nitrogen and oxygen atoms in total. The molecule has 0 saturated carbocycles. The molecule has 0 aliphatic rings. The zero-order chi connectivity index (χ0) is 14.0. The third-order valence-corrected chi connectivity index (χ3v) is 2.99. The summed E-state index contributed by atoms with van der Waals surface area (Å²) < 4.78 is 5.06. The van der Waals surface area contributed by atoms with E-state index in [0.717, 1.165) is 32.2 Å². The lowest BCUT2D eigenvalue weighted by Crippen LogP contribution is -2.42. The summed E-state index contributed by atoms with van der Waals surface area (Å²) in [6.07, 6.45) is 3.49. The van der Waals surface area contributed by atoms with E-state index in [1.54, 1.807) is 0 Å². The van der Waals surface area contributed by atoms with Crippen LogP contribution >= 0.6 is 0 Å². The zero-order valence-corrected chi connectivity index (χ0v) is 12.3. The van der Waals surface area contributed by atoms with Crippen LogP contribution in [-0.2, 0) is 9.53 Å². The van der Waals surface area contributed by atoms with Gasteiger partial charge >= 0.3 is 5.97 Å². The molecule has 0 aliphatic carbocycles. The van der Waals surface area contributed by atoms with Gasteiger partial charge in [-0.3, -0.25) is 4.79 Å². The van der Waals surface area contributed by atoms with Crippen LogP contribution in [0.15, 0.2) is 0 Å². The van der Waals surface area contributed by atoms with E-state index in [9.17, 15) is 4.79 Å². The number of aliphatic hydroxyl groups excluding tert-OH is 1.